The minimum absolute atomic E-state index is 0.155. The molecule has 0 radical (unpaired) electrons. The van der Waals surface area contributed by atoms with Gasteiger partial charge in [-0.15, -0.1) is 0 Å². The fourth-order valence-electron chi connectivity index (χ4n) is 4.07. The van der Waals surface area contributed by atoms with E-state index in [4.69, 9.17) is 21.0 Å². The van der Waals surface area contributed by atoms with E-state index >= 15 is 0 Å². The maximum atomic E-state index is 13.6. The average Bonchev–Trinajstić information content (AvgIpc) is 3.37. The van der Waals surface area contributed by atoms with Crippen LogP contribution in [0.2, 0.25) is 5.02 Å². The number of furan rings is 1. The minimum Gasteiger partial charge on any atom is -0.467 e. The van der Waals surface area contributed by atoms with Crippen LogP contribution in [0.15, 0.2) is 70.1 Å². The van der Waals surface area contributed by atoms with Crippen molar-refractivity contribution in [2.24, 2.45) is 0 Å². The SMILES string of the molecule is CCC(c1nc2cc(Cl)ccc2c(=O)n1CC)N(Cc1ccco1)C(=O)Nc1cccc(C#N)c1. The Kier molecular flexibility index (Phi) is 7.18. The van der Waals surface area contributed by atoms with Crippen LogP contribution in [0.5, 0.6) is 0 Å². The number of rotatable bonds is 7. The topological polar surface area (TPSA) is 104 Å². The number of halogens is 1. The van der Waals surface area contributed by atoms with Gasteiger partial charge in [-0.1, -0.05) is 24.6 Å². The smallest absolute Gasteiger partial charge is 0.322 e. The molecule has 2 heterocycles. The summed E-state index contributed by atoms with van der Waals surface area (Å²) in [5.74, 6) is 1.04. The molecule has 0 saturated heterocycles. The Bertz CT molecular complexity index is 1460. The molecule has 0 bridgehead atoms. The summed E-state index contributed by atoms with van der Waals surface area (Å²) in [5.41, 5.74) is 1.20. The third kappa shape index (κ3) is 5.05. The first kappa shape index (κ1) is 24.0. The van der Waals surface area contributed by atoms with Crippen molar-refractivity contribution in [1.29, 1.82) is 5.26 Å². The Hall–Kier alpha value is -4.09. The van der Waals surface area contributed by atoms with E-state index in [2.05, 4.69) is 11.4 Å². The second-order valence-corrected chi connectivity index (χ2v) is 8.37. The lowest BCUT2D eigenvalue weighted by Gasteiger charge is -2.31. The lowest BCUT2D eigenvalue weighted by atomic mass is 10.1. The van der Waals surface area contributed by atoms with E-state index in [1.54, 1.807) is 70.3 Å². The van der Waals surface area contributed by atoms with Crippen LogP contribution < -0.4 is 10.9 Å². The zero-order valence-electron chi connectivity index (χ0n) is 19.4. The predicted octanol–water partition coefficient (Wildman–Crippen LogP) is 5.72. The van der Waals surface area contributed by atoms with E-state index in [1.165, 1.54) is 0 Å². The molecule has 0 spiro atoms. The van der Waals surface area contributed by atoms with Gasteiger partial charge in [0.1, 0.15) is 11.6 Å². The Labute approximate surface area is 207 Å². The number of aromatic nitrogens is 2. The van der Waals surface area contributed by atoms with Crippen molar-refractivity contribution in [3.05, 3.63) is 93.4 Å². The molecule has 0 aliphatic rings. The summed E-state index contributed by atoms with van der Waals surface area (Å²) < 4.78 is 7.11. The quantitative estimate of drug-likeness (QED) is 0.357. The number of urea groups is 1. The highest BCUT2D eigenvalue weighted by Crippen LogP contribution is 2.28. The number of carbonyl (C=O) groups is 1. The van der Waals surface area contributed by atoms with Gasteiger partial charge in [0, 0.05) is 17.3 Å². The van der Waals surface area contributed by atoms with Gasteiger partial charge < -0.3 is 14.6 Å². The van der Waals surface area contributed by atoms with Crippen LogP contribution in [0.3, 0.4) is 0 Å². The molecule has 2 aromatic carbocycles. The lowest BCUT2D eigenvalue weighted by Crippen LogP contribution is -2.40. The Balaban J connectivity index is 1.81. The number of benzene rings is 2. The molecule has 1 unspecified atom stereocenters. The standard InChI is InChI=1S/C26H24ClN5O3/c1-3-23(24-30-22-14-18(27)10-11-21(22)25(33)31(24)4-2)32(16-20-9-6-12-35-20)26(34)29-19-8-5-7-17(13-19)15-28/h5-14,23H,3-4,16H2,1-2H3,(H,29,34). The van der Waals surface area contributed by atoms with Crippen LogP contribution in [0.4, 0.5) is 10.5 Å². The molecule has 2 aromatic heterocycles. The minimum atomic E-state index is -0.546. The monoisotopic (exact) mass is 489 g/mol. The van der Waals surface area contributed by atoms with Crippen LogP contribution in [0.1, 0.15) is 43.5 Å². The van der Waals surface area contributed by atoms with Crippen LogP contribution in [0.25, 0.3) is 10.9 Å². The molecule has 0 fully saturated rings. The highest BCUT2D eigenvalue weighted by atomic mass is 35.5. The van der Waals surface area contributed by atoms with E-state index in [9.17, 15) is 14.9 Å². The normalized spacial score (nSPS) is 11.7. The van der Waals surface area contributed by atoms with E-state index in [0.29, 0.717) is 51.7 Å². The number of anilines is 1. The predicted molar refractivity (Wildman–Crippen MR) is 134 cm³/mol. The molecule has 35 heavy (non-hydrogen) atoms. The molecule has 8 nitrogen and oxygen atoms in total. The van der Waals surface area contributed by atoms with Gasteiger partial charge in [-0.25, -0.2) is 9.78 Å². The fourth-order valence-corrected chi connectivity index (χ4v) is 4.24. The third-order valence-corrected chi connectivity index (χ3v) is 5.97. The summed E-state index contributed by atoms with van der Waals surface area (Å²) in [5, 5.41) is 13.0. The molecule has 0 aliphatic carbocycles. The number of nitrogens with one attached hydrogen (secondary N) is 1. The molecule has 1 N–H and O–H groups in total. The maximum absolute atomic E-state index is 13.6. The number of nitriles is 1. The van der Waals surface area contributed by atoms with Crippen molar-refractivity contribution in [1.82, 2.24) is 14.5 Å². The van der Waals surface area contributed by atoms with E-state index in [1.807, 2.05) is 13.8 Å². The molecule has 4 aromatic rings. The van der Waals surface area contributed by atoms with E-state index in [0.717, 1.165) is 0 Å². The number of nitrogens with zero attached hydrogens (tertiary/aromatic N) is 4. The van der Waals surface area contributed by atoms with Gasteiger partial charge in [-0.3, -0.25) is 9.36 Å². The van der Waals surface area contributed by atoms with E-state index in [-0.39, 0.29) is 12.1 Å². The van der Waals surface area contributed by atoms with Gasteiger partial charge in [-0.05, 0) is 61.9 Å². The van der Waals surface area contributed by atoms with Gasteiger partial charge in [0.2, 0.25) is 0 Å². The molecule has 2 amide bonds. The second kappa shape index (κ2) is 10.5. The van der Waals surface area contributed by atoms with Crippen LogP contribution in [-0.2, 0) is 13.1 Å². The largest absolute Gasteiger partial charge is 0.467 e. The number of carbonyl (C=O) groups excluding carboxylic acids is 1. The van der Waals surface area contributed by atoms with Crippen LogP contribution in [-0.4, -0.2) is 20.5 Å². The molecule has 4 rings (SSSR count). The highest BCUT2D eigenvalue weighted by molar-refractivity contribution is 6.31. The lowest BCUT2D eigenvalue weighted by molar-refractivity contribution is 0.169. The first-order chi connectivity index (χ1) is 16.9. The highest BCUT2D eigenvalue weighted by Gasteiger charge is 2.29. The number of hydrogen-bond acceptors (Lipinski definition) is 5. The van der Waals surface area contributed by atoms with Crippen LogP contribution in [0, 0.1) is 11.3 Å². The zero-order valence-corrected chi connectivity index (χ0v) is 20.1. The van der Waals surface area contributed by atoms with Crippen LogP contribution >= 0.6 is 11.6 Å². The first-order valence-electron chi connectivity index (χ1n) is 11.2. The Morgan fingerprint density at radius 3 is 2.74 bits per heavy atom. The molecular formula is C26H24ClN5O3. The molecule has 178 valence electrons. The fraction of sp³-hybridized carbons (Fsp3) is 0.231. The first-order valence-corrected chi connectivity index (χ1v) is 11.6. The van der Waals surface area contributed by atoms with Crippen molar-refractivity contribution in [2.75, 3.05) is 5.32 Å². The van der Waals surface area contributed by atoms with Crippen molar-refractivity contribution >= 4 is 34.2 Å². The summed E-state index contributed by atoms with van der Waals surface area (Å²) in [6, 6.07) is 16.3. The van der Waals surface area contributed by atoms with Crippen molar-refractivity contribution in [2.45, 2.75) is 39.4 Å². The average molecular weight is 490 g/mol. The molecule has 0 aliphatic heterocycles. The molecule has 1 atom stereocenters. The van der Waals surface area contributed by atoms with Gasteiger partial charge in [-0.2, -0.15) is 5.26 Å². The number of fused-ring (bicyclic) bond motifs is 1. The molecule has 0 saturated carbocycles. The Morgan fingerprint density at radius 2 is 2.06 bits per heavy atom. The Morgan fingerprint density at radius 1 is 1.23 bits per heavy atom. The summed E-state index contributed by atoms with van der Waals surface area (Å²) in [4.78, 5) is 33.2. The summed E-state index contributed by atoms with van der Waals surface area (Å²) in [6.45, 7) is 4.34. The number of hydrogen-bond donors (Lipinski definition) is 1. The van der Waals surface area contributed by atoms with Crippen molar-refractivity contribution in [3.63, 3.8) is 0 Å². The number of amides is 2. The van der Waals surface area contributed by atoms with E-state index < -0.39 is 12.1 Å². The summed E-state index contributed by atoms with van der Waals surface area (Å²) in [7, 11) is 0. The van der Waals surface area contributed by atoms with Crippen molar-refractivity contribution in [3.8, 4) is 6.07 Å². The molecular weight excluding hydrogens is 466 g/mol. The molecule has 9 heteroatoms. The van der Waals surface area contributed by atoms with Gasteiger partial charge in [0.25, 0.3) is 5.56 Å². The second-order valence-electron chi connectivity index (χ2n) is 7.93. The zero-order chi connectivity index (χ0) is 24.9. The third-order valence-electron chi connectivity index (χ3n) is 5.73. The van der Waals surface area contributed by atoms with Gasteiger partial charge in [0.15, 0.2) is 0 Å². The van der Waals surface area contributed by atoms with Gasteiger partial charge >= 0.3 is 6.03 Å². The maximum Gasteiger partial charge on any atom is 0.322 e. The summed E-state index contributed by atoms with van der Waals surface area (Å²) >= 11 is 6.17. The van der Waals surface area contributed by atoms with Crippen molar-refractivity contribution < 1.29 is 9.21 Å². The van der Waals surface area contributed by atoms with Gasteiger partial charge in [0.05, 0.1) is 41.4 Å². The summed E-state index contributed by atoms with van der Waals surface area (Å²) in [6.07, 6.45) is 2.03.